The normalized spacial score (nSPS) is 12.9. The Hall–Kier alpha value is -1.33. The molecule has 2 aromatic rings. The molecule has 2 rings (SSSR count). The van der Waals surface area contributed by atoms with Crippen LogP contribution in [0.15, 0.2) is 12.4 Å². The maximum Gasteiger partial charge on any atom is 0.110 e. The van der Waals surface area contributed by atoms with E-state index in [-0.39, 0.29) is 6.04 Å². The van der Waals surface area contributed by atoms with Crippen LogP contribution in [0.4, 0.5) is 0 Å². The summed E-state index contributed by atoms with van der Waals surface area (Å²) in [5.41, 5.74) is 7.65. The third-order valence-electron chi connectivity index (χ3n) is 2.89. The van der Waals surface area contributed by atoms with Crippen LogP contribution in [0.5, 0.6) is 0 Å². The minimum absolute atomic E-state index is 0.0925. The van der Waals surface area contributed by atoms with Gasteiger partial charge in [0, 0.05) is 31.9 Å². The van der Waals surface area contributed by atoms with Crippen LogP contribution in [-0.4, -0.2) is 25.4 Å². The Kier molecular flexibility index (Phi) is 3.73. The largest absolute Gasteiger partial charge is 0.329 e. The molecule has 0 saturated carbocycles. The van der Waals surface area contributed by atoms with Gasteiger partial charge in [0.15, 0.2) is 0 Å². The van der Waals surface area contributed by atoms with Crippen LogP contribution in [0.3, 0.4) is 0 Å². The molecule has 0 aromatic carbocycles. The van der Waals surface area contributed by atoms with E-state index in [9.17, 15) is 0 Å². The van der Waals surface area contributed by atoms with Crippen molar-refractivity contribution in [2.24, 2.45) is 12.8 Å². The van der Waals surface area contributed by atoms with Crippen molar-refractivity contribution in [3.63, 3.8) is 0 Å². The van der Waals surface area contributed by atoms with Crippen LogP contribution in [-0.2, 0) is 20.0 Å². The maximum atomic E-state index is 6.25. The number of aromatic nitrogens is 4. The van der Waals surface area contributed by atoms with Crippen LogP contribution < -0.4 is 5.73 Å². The smallest absolute Gasteiger partial charge is 0.110 e. The van der Waals surface area contributed by atoms with Crippen LogP contribution in [0.2, 0.25) is 5.02 Å². The standard InChI is InChI=1S/C12H18ClN5/c1-8(14)6-11-15-4-5-18(11)7-10-12(13)9(2)16-17(10)3/h4-5,8H,6-7,14H2,1-3H3. The number of nitrogens with zero attached hydrogens (tertiary/aromatic N) is 4. The lowest BCUT2D eigenvalue weighted by Crippen LogP contribution is -2.21. The SMILES string of the molecule is Cc1nn(C)c(Cn2ccnc2CC(C)N)c1Cl. The lowest BCUT2D eigenvalue weighted by Gasteiger charge is -2.10. The summed E-state index contributed by atoms with van der Waals surface area (Å²) in [6, 6.07) is 0.0925. The van der Waals surface area contributed by atoms with Gasteiger partial charge in [0.2, 0.25) is 0 Å². The Morgan fingerprint density at radius 2 is 2.22 bits per heavy atom. The molecule has 0 bridgehead atoms. The van der Waals surface area contributed by atoms with Crippen molar-refractivity contribution >= 4 is 11.6 Å². The maximum absolute atomic E-state index is 6.25. The van der Waals surface area contributed by atoms with Crippen molar-refractivity contribution in [3.05, 3.63) is 34.6 Å². The second-order valence-electron chi connectivity index (χ2n) is 4.62. The van der Waals surface area contributed by atoms with Gasteiger partial charge in [-0.2, -0.15) is 5.10 Å². The average molecular weight is 268 g/mol. The Labute approximate surface area is 112 Å². The van der Waals surface area contributed by atoms with Crippen molar-refractivity contribution in [2.75, 3.05) is 0 Å². The number of aryl methyl sites for hydroxylation is 2. The van der Waals surface area contributed by atoms with Crippen LogP contribution in [0, 0.1) is 6.92 Å². The highest BCUT2D eigenvalue weighted by molar-refractivity contribution is 6.31. The summed E-state index contributed by atoms with van der Waals surface area (Å²) < 4.78 is 3.87. The summed E-state index contributed by atoms with van der Waals surface area (Å²) in [6.07, 6.45) is 4.48. The first-order valence-corrected chi connectivity index (χ1v) is 6.30. The molecule has 0 amide bonds. The van der Waals surface area contributed by atoms with Crippen molar-refractivity contribution in [2.45, 2.75) is 32.9 Å². The first-order chi connectivity index (χ1) is 8.49. The summed E-state index contributed by atoms with van der Waals surface area (Å²) in [4.78, 5) is 4.33. The van der Waals surface area contributed by atoms with Crippen molar-refractivity contribution in [3.8, 4) is 0 Å². The number of halogens is 1. The van der Waals surface area contributed by atoms with Crippen molar-refractivity contribution in [1.29, 1.82) is 0 Å². The topological polar surface area (TPSA) is 61.7 Å². The van der Waals surface area contributed by atoms with Gasteiger partial charge >= 0.3 is 0 Å². The van der Waals surface area contributed by atoms with Crippen molar-refractivity contribution in [1.82, 2.24) is 19.3 Å². The van der Waals surface area contributed by atoms with Gasteiger partial charge in [0.1, 0.15) is 5.82 Å². The predicted molar refractivity (Wildman–Crippen MR) is 71.6 cm³/mol. The second kappa shape index (κ2) is 5.12. The van der Waals surface area contributed by atoms with E-state index in [0.29, 0.717) is 6.54 Å². The van der Waals surface area contributed by atoms with E-state index in [1.54, 1.807) is 6.20 Å². The fraction of sp³-hybridized carbons (Fsp3) is 0.500. The first-order valence-electron chi connectivity index (χ1n) is 5.92. The molecule has 0 aliphatic rings. The molecule has 0 radical (unpaired) electrons. The molecule has 1 atom stereocenters. The number of imidazole rings is 1. The molecule has 2 aromatic heterocycles. The third-order valence-corrected chi connectivity index (χ3v) is 3.38. The molecule has 2 heterocycles. The summed E-state index contributed by atoms with van der Waals surface area (Å²) in [7, 11) is 1.90. The molecule has 0 aliphatic heterocycles. The minimum Gasteiger partial charge on any atom is -0.329 e. The van der Waals surface area contributed by atoms with Gasteiger partial charge in [-0.15, -0.1) is 0 Å². The Balaban J connectivity index is 2.26. The lowest BCUT2D eigenvalue weighted by molar-refractivity contribution is 0.616. The van der Waals surface area contributed by atoms with E-state index in [2.05, 4.69) is 14.6 Å². The number of hydrogen-bond acceptors (Lipinski definition) is 3. The van der Waals surface area contributed by atoms with E-state index >= 15 is 0 Å². The van der Waals surface area contributed by atoms with Crippen LogP contribution in [0.1, 0.15) is 24.1 Å². The zero-order valence-corrected chi connectivity index (χ0v) is 11.6. The fourth-order valence-electron chi connectivity index (χ4n) is 1.98. The molecule has 0 aliphatic carbocycles. The highest BCUT2D eigenvalue weighted by Gasteiger charge is 2.13. The summed E-state index contributed by atoms with van der Waals surface area (Å²) in [5, 5.41) is 5.03. The van der Waals surface area contributed by atoms with E-state index in [1.807, 2.05) is 31.8 Å². The van der Waals surface area contributed by atoms with Gasteiger partial charge < -0.3 is 10.3 Å². The van der Waals surface area contributed by atoms with Crippen LogP contribution in [0.25, 0.3) is 0 Å². The summed E-state index contributed by atoms with van der Waals surface area (Å²) in [6.45, 7) is 4.54. The molecule has 6 heteroatoms. The monoisotopic (exact) mass is 267 g/mol. The van der Waals surface area contributed by atoms with E-state index in [0.717, 1.165) is 28.7 Å². The van der Waals surface area contributed by atoms with Gasteiger partial charge in [0.25, 0.3) is 0 Å². The highest BCUT2D eigenvalue weighted by atomic mass is 35.5. The molecule has 0 fully saturated rings. The number of nitrogens with two attached hydrogens (primary N) is 1. The van der Waals surface area contributed by atoms with E-state index in [4.69, 9.17) is 17.3 Å². The summed E-state index contributed by atoms with van der Waals surface area (Å²) in [5.74, 6) is 0.972. The molecule has 0 saturated heterocycles. The zero-order valence-electron chi connectivity index (χ0n) is 10.9. The molecule has 18 heavy (non-hydrogen) atoms. The van der Waals surface area contributed by atoms with Gasteiger partial charge in [-0.05, 0) is 13.8 Å². The minimum atomic E-state index is 0.0925. The molecule has 5 nitrogen and oxygen atoms in total. The average Bonchev–Trinajstić information content (AvgIpc) is 2.79. The van der Waals surface area contributed by atoms with Crippen molar-refractivity contribution < 1.29 is 0 Å². The van der Waals surface area contributed by atoms with Gasteiger partial charge in [0.05, 0.1) is 23.0 Å². The molecule has 0 spiro atoms. The molecule has 2 N–H and O–H groups in total. The Morgan fingerprint density at radius 3 is 2.78 bits per heavy atom. The molecule has 98 valence electrons. The quantitative estimate of drug-likeness (QED) is 0.914. The molecular weight excluding hydrogens is 250 g/mol. The second-order valence-corrected chi connectivity index (χ2v) is 5.00. The van der Waals surface area contributed by atoms with Gasteiger partial charge in [-0.3, -0.25) is 4.68 Å². The van der Waals surface area contributed by atoms with Crippen LogP contribution >= 0.6 is 11.6 Å². The molecule has 1 unspecified atom stereocenters. The Bertz CT molecular complexity index is 541. The zero-order chi connectivity index (χ0) is 13.3. The third kappa shape index (κ3) is 2.57. The van der Waals surface area contributed by atoms with E-state index in [1.165, 1.54) is 0 Å². The predicted octanol–water partition coefficient (Wildman–Crippen LogP) is 1.52. The van der Waals surface area contributed by atoms with Gasteiger partial charge in [-0.25, -0.2) is 4.98 Å². The lowest BCUT2D eigenvalue weighted by atomic mass is 10.2. The first kappa shape index (κ1) is 13.1. The number of hydrogen-bond donors (Lipinski definition) is 1. The summed E-state index contributed by atoms with van der Waals surface area (Å²) >= 11 is 6.25. The highest BCUT2D eigenvalue weighted by Crippen LogP contribution is 2.20. The molecular formula is C12H18ClN5. The number of rotatable bonds is 4. The van der Waals surface area contributed by atoms with Gasteiger partial charge in [-0.1, -0.05) is 11.6 Å². The Morgan fingerprint density at radius 1 is 1.50 bits per heavy atom. The fourth-order valence-corrected chi connectivity index (χ4v) is 2.20. The van der Waals surface area contributed by atoms with E-state index < -0.39 is 0 Å².